The van der Waals surface area contributed by atoms with Crippen LogP contribution in [0.1, 0.15) is 112 Å². The number of benzene rings is 5. The van der Waals surface area contributed by atoms with Crippen molar-refractivity contribution in [1.29, 1.82) is 0 Å². The fourth-order valence-corrected chi connectivity index (χ4v) is 14.6. The monoisotopic (exact) mass is 747 g/mol. The lowest BCUT2D eigenvalue weighted by molar-refractivity contribution is 0.354. The SMILES string of the molecule is C=CCOc1c([Si](C)(C)C2c3cc(-c4cccc(C(C)CC)c4)ccc3-c3ccc(-c4cccc(C(C)CC)c4)cc32)cc(C)c([Si](C)C)c1C(C)(C)C. The molecule has 0 fully saturated rings. The molecule has 1 radical (unpaired) electrons. The minimum atomic E-state index is -2.41. The molecule has 0 amide bonds. The van der Waals surface area contributed by atoms with Crippen LogP contribution in [0.3, 0.4) is 0 Å². The summed E-state index contributed by atoms with van der Waals surface area (Å²) in [6.45, 7) is 33.4. The van der Waals surface area contributed by atoms with Crippen molar-refractivity contribution >= 4 is 27.2 Å². The molecule has 2 unspecified atom stereocenters. The third-order valence-corrected chi connectivity index (χ3v) is 17.8. The summed E-state index contributed by atoms with van der Waals surface area (Å²) in [5.74, 6) is 2.19. The highest BCUT2D eigenvalue weighted by Crippen LogP contribution is 2.52. The number of rotatable bonds is 12. The lowest BCUT2D eigenvalue weighted by Crippen LogP contribution is -2.51. The predicted octanol–water partition coefficient (Wildman–Crippen LogP) is 13.4. The Balaban J connectivity index is 1.63. The molecule has 0 spiro atoms. The van der Waals surface area contributed by atoms with Crippen molar-refractivity contribution < 1.29 is 4.74 Å². The van der Waals surface area contributed by atoms with Crippen LogP contribution >= 0.6 is 0 Å². The lowest BCUT2D eigenvalue weighted by Gasteiger charge is -2.38. The maximum atomic E-state index is 6.92. The summed E-state index contributed by atoms with van der Waals surface area (Å²) >= 11 is 0. The van der Waals surface area contributed by atoms with Crippen LogP contribution in [0.15, 0.2) is 104 Å². The number of ether oxygens (including phenoxy) is 1. The van der Waals surface area contributed by atoms with Gasteiger partial charge in [-0.1, -0.05) is 189 Å². The van der Waals surface area contributed by atoms with Gasteiger partial charge in [-0.25, -0.2) is 0 Å². The Morgan fingerprint density at radius 2 is 1.22 bits per heavy atom. The van der Waals surface area contributed by atoms with Crippen LogP contribution in [-0.4, -0.2) is 23.5 Å². The quantitative estimate of drug-likeness (QED) is 0.0912. The summed E-state index contributed by atoms with van der Waals surface area (Å²) in [7, 11) is -3.17. The first kappa shape index (κ1) is 39.8. The van der Waals surface area contributed by atoms with Gasteiger partial charge in [0.25, 0.3) is 0 Å². The van der Waals surface area contributed by atoms with E-state index in [1.165, 1.54) is 77.1 Å². The Bertz CT molecular complexity index is 2060. The molecular formula is C51H63OSi2. The molecule has 54 heavy (non-hydrogen) atoms. The summed E-state index contributed by atoms with van der Waals surface area (Å²) in [6, 6.07) is 35.7. The second-order valence-corrected chi connectivity index (χ2v) is 24.9. The summed E-state index contributed by atoms with van der Waals surface area (Å²) < 4.78 is 6.92. The first-order chi connectivity index (χ1) is 25.6. The van der Waals surface area contributed by atoms with Crippen LogP contribution < -0.4 is 15.1 Å². The van der Waals surface area contributed by atoms with Gasteiger partial charge in [-0.15, -0.1) is 0 Å². The zero-order valence-electron chi connectivity index (χ0n) is 35.2. The van der Waals surface area contributed by atoms with Crippen LogP contribution in [0.25, 0.3) is 33.4 Å². The number of aryl methyl sites for hydroxylation is 1. The van der Waals surface area contributed by atoms with Gasteiger partial charge in [0.05, 0.1) is 16.9 Å². The first-order valence-electron chi connectivity index (χ1n) is 20.3. The molecule has 2 atom stereocenters. The van der Waals surface area contributed by atoms with Crippen LogP contribution in [0.5, 0.6) is 5.75 Å². The molecule has 1 nitrogen and oxygen atoms in total. The van der Waals surface area contributed by atoms with Crippen molar-refractivity contribution in [2.24, 2.45) is 0 Å². The molecule has 0 N–H and O–H groups in total. The molecule has 0 saturated carbocycles. The van der Waals surface area contributed by atoms with Crippen molar-refractivity contribution in [2.45, 2.75) is 117 Å². The molecule has 3 heteroatoms. The second kappa shape index (κ2) is 15.7. The van der Waals surface area contributed by atoms with Crippen LogP contribution in [0.2, 0.25) is 26.2 Å². The highest BCUT2D eigenvalue weighted by atomic mass is 28.3. The van der Waals surface area contributed by atoms with Gasteiger partial charge in [-0.3, -0.25) is 0 Å². The predicted molar refractivity (Wildman–Crippen MR) is 242 cm³/mol. The molecule has 0 aromatic heterocycles. The van der Waals surface area contributed by atoms with Crippen LogP contribution in [0.4, 0.5) is 0 Å². The molecule has 0 heterocycles. The molecule has 1 aliphatic rings. The lowest BCUT2D eigenvalue weighted by atomic mass is 9.85. The van der Waals surface area contributed by atoms with Gasteiger partial charge in [0.15, 0.2) is 0 Å². The van der Waals surface area contributed by atoms with E-state index in [-0.39, 0.29) is 11.0 Å². The topological polar surface area (TPSA) is 9.23 Å². The summed E-state index contributed by atoms with van der Waals surface area (Å²) in [6.07, 6.45) is 4.18. The number of hydrogen-bond donors (Lipinski definition) is 0. The summed E-state index contributed by atoms with van der Waals surface area (Å²) in [5, 5.41) is 2.95. The van der Waals surface area contributed by atoms with Gasteiger partial charge >= 0.3 is 0 Å². The van der Waals surface area contributed by atoms with E-state index in [1.54, 1.807) is 0 Å². The average molecular weight is 748 g/mol. The molecule has 5 aromatic carbocycles. The molecule has 0 aliphatic heterocycles. The molecular weight excluding hydrogens is 685 g/mol. The van der Waals surface area contributed by atoms with Crippen molar-refractivity contribution in [1.82, 2.24) is 0 Å². The zero-order valence-corrected chi connectivity index (χ0v) is 37.2. The third-order valence-electron chi connectivity index (χ3n) is 12.3. The van der Waals surface area contributed by atoms with Gasteiger partial charge in [0.2, 0.25) is 0 Å². The maximum absolute atomic E-state index is 6.92. The van der Waals surface area contributed by atoms with Crippen molar-refractivity contribution in [3.8, 4) is 39.1 Å². The molecule has 0 saturated heterocycles. The highest BCUT2D eigenvalue weighted by Gasteiger charge is 2.45. The second-order valence-electron chi connectivity index (χ2n) is 17.8. The standard InChI is InChI=1S/C51H63OSi2/c1-14-27-52-48-46(28-35(6)49(53(10)11)47(48)51(7,8)9)54(12,13)50-44-31-40(38-21-17-19-36(29-38)33(4)15-2)23-25-42(44)43-26-24-41(32-45(43)50)39-22-18-20-37(30-39)34(5)16-3/h14,17-26,28-34,50H,1,15-16,27H2,2-13H3. The summed E-state index contributed by atoms with van der Waals surface area (Å²) in [4.78, 5) is 0. The van der Waals surface area contributed by atoms with Gasteiger partial charge in [0.1, 0.15) is 12.4 Å². The van der Waals surface area contributed by atoms with Crippen molar-refractivity contribution in [2.75, 3.05) is 6.61 Å². The Kier molecular flexibility index (Phi) is 11.5. The van der Waals surface area contributed by atoms with E-state index < -0.39 is 16.9 Å². The summed E-state index contributed by atoms with van der Waals surface area (Å²) in [5.41, 5.74) is 16.7. The minimum absolute atomic E-state index is 0.0634. The minimum Gasteiger partial charge on any atom is -0.489 e. The normalized spacial score (nSPS) is 15.2. The Morgan fingerprint density at radius 1 is 0.741 bits per heavy atom. The maximum Gasteiger partial charge on any atom is 0.122 e. The van der Waals surface area contributed by atoms with Gasteiger partial charge in [0, 0.05) is 5.54 Å². The Hall–Kier alpha value is -3.93. The van der Waals surface area contributed by atoms with Crippen LogP contribution in [-0.2, 0) is 5.41 Å². The van der Waals surface area contributed by atoms with Crippen LogP contribution in [0, 0.1) is 6.92 Å². The van der Waals surface area contributed by atoms with E-state index in [0.717, 1.165) is 18.6 Å². The van der Waals surface area contributed by atoms with Gasteiger partial charge in [-0.2, -0.15) is 0 Å². The third kappa shape index (κ3) is 7.39. The molecule has 5 aromatic rings. The largest absolute Gasteiger partial charge is 0.489 e. The molecule has 281 valence electrons. The van der Waals surface area contributed by atoms with Gasteiger partial charge < -0.3 is 4.74 Å². The molecule has 0 bridgehead atoms. The smallest absolute Gasteiger partial charge is 0.122 e. The van der Waals surface area contributed by atoms with E-state index >= 15 is 0 Å². The molecule has 6 rings (SSSR count). The fourth-order valence-electron chi connectivity index (χ4n) is 9.00. The van der Waals surface area contributed by atoms with E-state index in [9.17, 15) is 0 Å². The Labute approximate surface area is 330 Å². The number of fused-ring (bicyclic) bond motifs is 3. The van der Waals surface area contributed by atoms with E-state index in [2.05, 4.69) is 179 Å². The number of hydrogen-bond acceptors (Lipinski definition) is 1. The van der Waals surface area contributed by atoms with E-state index in [1.807, 2.05) is 6.08 Å². The van der Waals surface area contributed by atoms with E-state index in [0.29, 0.717) is 18.4 Å². The van der Waals surface area contributed by atoms with Crippen molar-refractivity contribution in [3.05, 3.63) is 137 Å². The zero-order chi connectivity index (χ0) is 39.1. The highest BCUT2D eigenvalue weighted by molar-refractivity contribution is 6.92. The Morgan fingerprint density at radius 3 is 1.65 bits per heavy atom. The first-order valence-corrected chi connectivity index (χ1v) is 25.9. The van der Waals surface area contributed by atoms with Gasteiger partial charge in [-0.05, 0) is 103 Å². The van der Waals surface area contributed by atoms with Crippen molar-refractivity contribution in [3.63, 3.8) is 0 Å². The average Bonchev–Trinajstić information content (AvgIpc) is 3.49. The molecule has 1 aliphatic carbocycles. The fraction of sp³-hybridized carbons (Fsp3) is 0.373. The van der Waals surface area contributed by atoms with E-state index in [4.69, 9.17) is 4.74 Å².